The Kier molecular flexibility index (Phi) is 2.36. The molecule has 2 aromatic carbocycles. The number of hydrogen-bond donors (Lipinski definition) is 2. The van der Waals surface area contributed by atoms with Gasteiger partial charge in [0.05, 0.1) is 11.0 Å². The number of H-pyrrole nitrogens is 1. The summed E-state index contributed by atoms with van der Waals surface area (Å²) in [6.07, 6.45) is 0. The van der Waals surface area contributed by atoms with Gasteiger partial charge in [0.25, 0.3) is 0 Å². The Morgan fingerprint density at radius 3 is 2.76 bits per heavy atom. The van der Waals surface area contributed by atoms with Crippen LogP contribution in [0.15, 0.2) is 42.5 Å². The summed E-state index contributed by atoms with van der Waals surface area (Å²) in [6.45, 7) is 3.00. The van der Waals surface area contributed by atoms with Crippen LogP contribution >= 0.6 is 0 Å². The molecule has 0 amide bonds. The molecule has 0 spiro atoms. The third-order valence-electron chi connectivity index (χ3n) is 4.08. The number of nitrogens with one attached hydrogen (secondary N) is 1. The monoisotopic (exact) mass is 278 g/mol. The van der Waals surface area contributed by atoms with E-state index in [1.54, 1.807) is 6.07 Å². The average Bonchev–Trinajstić information content (AvgIpc) is 3.05. The maximum atomic E-state index is 11.2. The Labute approximate surface area is 120 Å². The summed E-state index contributed by atoms with van der Waals surface area (Å²) in [5, 5.41) is 12.4. The van der Waals surface area contributed by atoms with Crippen LogP contribution in [0.5, 0.6) is 0 Å². The van der Waals surface area contributed by atoms with Crippen molar-refractivity contribution in [3.05, 3.63) is 48.2 Å². The molecule has 4 nitrogen and oxygen atoms in total. The summed E-state index contributed by atoms with van der Waals surface area (Å²) >= 11 is 0. The molecule has 0 aliphatic rings. The molecule has 0 saturated carbocycles. The third kappa shape index (κ3) is 1.53. The van der Waals surface area contributed by atoms with Crippen LogP contribution in [0.3, 0.4) is 0 Å². The smallest absolute Gasteiger partial charge is 0.352 e. The summed E-state index contributed by atoms with van der Waals surface area (Å²) in [4.78, 5) is 14.2. The predicted molar refractivity (Wildman–Crippen MR) is 83.9 cm³/mol. The Hall–Kier alpha value is -2.75. The molecule has 0 bridgehead atoms. The second-order valence-electron chi connectivity index (χ2n) is 5.17. The zero-order chi connectivity index (χ0) is 14.6. The van der Waals surface area contributed by atoms with Gasteiger partial charge in [-0.15, -0.1) is 0 Å². The number of carboxylic acids is 1. The number of aromatic amines is 1. The van der Waals surface area contributed by atoms with Crippen LogP contribution < -0.4 is 0 Å². The van der Waals surface area contributed by atoms with Gasteiger partial charge < -0.3 is 14.7 Å². The normalized spacial score (nSPS) is 11.7. The first-order chi connectivity index (χ1) is 10.2. The molecule has 104 valence electrons. The molecule has 2 N–H and O–H groups in total. The van der Waals surface area contributed by atoms with Crippen LogP contribution in [0, 0.1) is 0 Å². The van der Waals surface area contributed by atoms with E-state index >= 15 is 0 Å². The molecule has 0 unspecified atom stereocenters. The van der Waals surface area contributed by atoms with Crippen molar-refractivity contribution in [3.63, 3.8) is 0 Å². The molecule has 4 rings (SSSR count). The minimum Gasteiger partial charge on any atom is -0.477 e. The second-order valence-corrected chi connectivity index (χ2v) is 5.17. The quantitative estimate of drug-likeness (QED) is 0.582. The number of aromatic carboxylic acids is 1. The van der Waals surface area contributed by atoms with Crippen molar-refractivity contribution in [1.29, 1.82) is 0 Å². The topological polar surface area (TPSA) is 58.0 Å². The van der Waals surface area contributed by atoms with Crippen molar-refractivity contribution in [2.45, 2.75) is 13.5 Å². The van der Waals surface area contributed by atoms with Gasteiger partial charge in [-0.25, -0.2) is 4.79 Å². The van der Waals surface area contributed by atoms with Gasteiger partial charge in [0.15, 0.2) is 0 Å². The molecule has 4 aromatic rings. The molecule has 0 fully saturated rings. The van der Waals surface area contributed by atoms with Gasteiger partial charge in [0.1, 0.15) is 5.69 Å². The van der Waals surface area contributed by atoms with E-state index in [2.05, 4.69) is 34.7 Å². The number of aryl methyl sites for hydroxylation is 1. The average molecular weight is 278 g/mol. The van der Waals surface area contributed by atoms with Crippen molar-refractivity contribution < 1.29 is 9.90 Å². The minimum atomic E-state index is -0.932. The highest BCUT2D eigenvalue weighted by molar-refractivity contribution is 6.20. The maximum Gasteiger partial charge on any atom is 0.352 e. The SMILES string of the molecule is CCn1c2ccccc2c2c3[nH]c(C(=O)O)cc3ccc21. The first-order valence-electron chi connectivity index (χ1n) is 6.96. The highest BCUT2D eigenvalue weighted by atomic mass is 16.4. The molecule has 2 heterocycles. The summed E-state index contributed by atoms with van der Waals surface area (Å²) in [5.74, 6) is -0.932. The van der Waals surface area contributed by atoms with Gasteiger partial charge in [-0.3, -0.25) is 0 Å². The first-order valence-corrected chi connectivity index (χ1v) is 6.96. The lowest BCUT2D eigenvalue weighted by molar-refractivity contribution is 0.0691. The number of benzene rings is 2. The number of hydrogen-bond acceptors (Lipinski definition) is 1. The number of rotatable bonds is 2. The van der Waals surface area contributed by atoms with Crippen molar-refractivity contribution in [1.82, 2.24) is 9.55 Å². The van der Waals surface area contributed by atoms with Gasteiger partial charge in [0, 0.05) is 28.2 Å². The Morgan fingerprint density at radius 1 is 1.19 bits per heavy atom. The molecule has 2 aromatic heterocycles. The fourth-order valence-electron chi connectivity index (χ4n) is 3.19. The zero-order valence-corrected chi connectivity index (χ0v) is 11.6. The standard InChI is InChI=1S/C17H14N2O2/c1-2-19-13-6-4-3-5-11(13)15-14(19)8-7-10-9-12(17(20)21)18-16(10)15/h3-9,18H,2H2,1H3,(H,20,21). The van der Waals surface area contributed by atoms with Crippen LogP contribution in [0.25, 0.3) is 32.7 Å². The fourth-order valence-corrected chi connectivity index (χ4v) is 3.19. The van der Waals surface area contributed by atoms with Gasteiger partial charge in [-0.2, -0.15) is 0 Å². The lowest BCUT2D eigenvalue weighted by Gasteiger charge is -2.02. The van der Waals surface area contributed by atoms with Gasteiger partial charge in [-0.05, 0) is 25.1 Å². The largest absolute Gasteiger partial charge is 0.477 e. The van der Waals surface area contributed by atoms with Crippen LogP contribution in [0.2, 0.25) is 0 Å². The molecule has 0 atom stereocenters. The first kappa shape index (κ1) is 12.0. The van der Waals surface area contributed by atoms with Crippen LogP contribution in [0.4, 0.5) is 0 Å². The van der Waals surface area contributed by atoms with E-state index in [0.29, 0.717) is 0 Å². The zero-order valence-electron chi connectivity index (χ0n) is 11.6. The molecular weight excluding hydrogens is 264 g/mol. The number of fused-ring (bicyclic) bond motifs is 5. The van der Waals surface area contributed by atoms with Gasteiger partial charge >= 0.3 is 5.97 Å². The van der Waals surface area contributed by atoms with Gasteiger partial charge in [-0.1, -0.05) is 24.3 Å². The molecule has 4 heteroatoms. The lowest BCUT2D eigenvalue weighted by atomic mass is 10.1. The molecule has 0 aliphatic carbocycles. The highest BCUT2D eigenvalue weighted by Crippen LogP contribution is 2.34. The van der Waals surface area contributed by atoms with E-state index in [0.717, 1.165) is 33.7 Å². The van der Waals surface area contributed by atoms with Crippen molar-refractivity contribution in [2.75, 3.05) is 0 Å². The Morgan fingerprint density at radius 2 is 2.00 bits per heavy atom. The number of aromatic nitrogens is 2. The predicted octanol–water partition coefficient (Wildman–Crippen LogP) is 3.99. The van der Waals surface area contributed by atoms with Gasteiger partial charge in [0.2, 0.25) is 0 Å². The van der Waals surface area contributed by atoms with Crippen molar-refractivity contribution in [3.8, 4) is 0 Å². The summed E-state index contributed by atoms with van der Waals surface area (Å²) < 4.78 is 2.26. The molecular formula is C17H14N2O2. The number of para-hydroxylation sites is 1. The van der Waals surface area contributed by atoms with E-state index in [4.69, 9.17) is 0 Å². The highest BCUT2D eigenvalue weighted by Gasteiger charge is 2.15. The lowest BCUT2D eigenvalue weighted by Crippen LogP contribution is -1.94. The van der Waals surface area contributed by atoms with E-state index in [-0.39, 0.29) is 5.69 Å². The summed E-state index contributed by atoms with van der Waals surface area (Å²) in [7, 11) is 0. The van der Waals surface area contributed by atoms with Crippen molar-refractivity contribution >= 4 is 38.7 Å². The van der Waals surface area contributed by atoms with E-state index in [9.17, 15) is 9.90 Å². The van der Waals surface area contributed by atoms with E-state index < -0.39 is 5.97 Å². The minimum absolute atomic E-state index is 0.228. The molecule has 21 heavy (non-hydrogen) atoms. The number of carboxylic acid groups (broad SMARTS) is 1. The summed E-state index contributed by atoms with van der Waals surface area (Å²) in [6, 6.07) is 14.0. The van der Waals surface area contributed by atoms with Crippen LogP contribution in [0.1, 0.15) is 17.4 Å². The fraction of sp³-hybridized carbons (Fsp3) is 0.118. The third-order valence-corrected chi connectivity index (χ3v) is 4.08. The van der Waals surface area contributed by atoms with Crippen LogP contribution in [-0.4, -0.2) is 20.6 Å². The van der Waals surface area contributed by atoms with E-state index in [1.807, 2.05) is 18.2 Å². The Balaban J connectivity index is 2.27. The Bertz CT molecular complexity index is 1010. The van der Waals surface area contributed by atoms with Crippen molar-refractivity contribution in [2.24, 2.45) is 0 Å². The summed E-state index contributed by atoms with van der Waals surface area (Å²) in [5.41, 5.74) is 3.43. The van der Waals surface area contributed by atoms with E-state index in [1.165, 1.54) is 5.52 Å². The molecule has 0 saturated heterocycles. The number of nitrogens with zero attached hydrogens (tertiary/aromatic N) is 1. The van der Waals surface area contributed by atoms with Crippen LogP contribution in [-0.2, 0) is 6.54 Å². The number of carbonyl (C=O) groups is 1. The second kappa shape index (κ2) is 4.12. The molecule has 0 radical (unpaired) electrons. The molecule has 0 aliphatic heterocycles. The maximum absolute atomic E-state index is 11.2.